The topological polar surface area (TPSA) is 68.5 Å². The number of nitrogens with zero attached hydrogens (tertiary/aromatic N) is 2. The fourth-order valence-corrected chi connectivity index (χ4v) is 2.92. The van der Waals surface area contributed by atoms with E-state index in [0.717, 1.165) is 11.8 Å². The highest BCUT2D eigenvalue weighted by Crippen LogP contribution is 2.06. The van der Waals surface area contributed by atoms with Gasteiger partial charge in [-0.15, -0.1) is 11.3 Å². The average Bonchev–Trinajstić information content (AvgIpc) is 2.86. The number of hydrogen-bond donors (Lipinski definition) is 0. The van der Waals surface area contributed by atoms with Crippen molar-refractivity contribution >= 4 is 27.1 Å². The van der Waals surface area contributed by atoms with Crippen molar-refractivity contribution in [2.24, 2.45) is 4.99 Å². The van der Waals surface area contributed by atoms with Gasteiger partial charge in [0.05, 0.1) is 0 Å². The van der Waals surface area contributed by atoms with Gasteiger partial charge in [0.1, 0.15) is 5.25 Å². The molecule has 1 atom stereocenters. The van der Waals surface area contributed by atoms with Crippen LogP contribution in [0.25, 0.3) is 0 Å². The van der Waals surface area contributed by atoms with Crippen LogP contribution in [0.1, 0.15) is 18.1 Å². The van der Waals surface area contributed by atoms with Crippen LogP contribution in [0, 0.1) is 6.92 Å². The minimum absolute atomic E-state index is 0.501. The van der Waals surface area contributed by atoms with Crippen LogP contribution in [-0.4, -0.2) is 30.4 Å². The van der Waals surface area contributed by atoms with E-state index in [1.165, 1.54) is 23.8 Å². The molecule has 1 heterocycles. The highest BCUT2D eigenvalue weighted by molar-refractivity contribution is 7.92. The molecule has 0 fully saturated rings. The molecule has 1 aromatic heterocycles. The Kier molecular flexibility index (Phi) is 4.97. The van der Waals surface area contributed by atoms with Crippen molar-refractivity contribution in [3.8, 4) is 0 Å². The third-order valence-corrected chi connectivity index (χ3v) is 5.61. The van der Waals surface area contributed by atoms with E-state index in [9.17, 15) is 13.2 Å². The van der Waals surface area contributed by atoms with E-state index in [1.54, 1.807) is 0 Å². The molecule has 0 aliphatic heterocycles. The van der Waals surface area contributed by atoms with E-state index in [1.807, 2.05) is 47.3 Å². The molecule has 0 spiro atoms. The van der Waals surface area contributed by atoms with Gasteiger partial charge in [-0.05, 0) is 19.4 Å². The van der Waals surface area contributed by atoms with E-state index >= 15 is 0 Å². The van der Waals surface area contributed by atoms with Crippen molar-refractivity contribution in [2.75, 3.05) is 6.26 Å². The summed E-state index contributed by atoms with van der Waals surface area (Å²) in [6, 6.07) is 8.08. The van der Waals surface area contributed by atoms with Crippen molar-refractivity contribution in [1.82, 2.24) is 4.57 Å². The second-order valence-electron chi connectivity index (χ2n) is 5.22. The van der Waals surface area contributed by atoms with E-state index in [2.05, 4.69) is 4.99 Å². The molecule has 0 saturated carbocycles. The zero-order chi connectivity index (χ0) is 16.3. The lowest BCUT2D eigenvalue weighted by Gasteiger charge is -2.05. The highest BCUT2D eigenvalue weighted by atomic mass is 32.2. The molecule has 0 aliphatic carbocycles. The number of rotatable bonds is 4. The maximum absolute atomic E-state index is 12.0. The number of aryl methyl sites for hydroxylation is 1. The van der Waals surface area contributed by atoms with Gasteiger partial charge >= 0.3 is 0 Å². The first-order chi connectivity index (χ1) is 10.3. The molecule has 1 aromatic carbocycles. The van der Waals surface area contributed by atoms with Crippen molar-refractivity contribution in [3.63, 3.8) is 0 Å². The maximum Gasteiger partial charge on any atom is 0.266 e. The SMILES string of the molecule is Cc1ccc(Cn2ccsc2=NC(=O)C(C)S(C)(=O)=O)cc1. The van der Waals surface area contributed by atoms with E-state index in [-0.39, 0.29) is 0 Å². The molecular formula is C15H18N2O3S2. The maximum atomic E-state index is 12.0. The number of benzene rings is 1. The normalized spacial score (nSPS) is 14.0. The summed E-state index contributed by atoms with van der Waals surface area (Å²) in [7, 11) is -3.43. The lowest BCUT2D eigenvalue weighted by molar-refractivity contribution is -0.117. The number of thiazole rings is 1. The smallest absolute Gasteiger partial charge is 0.266 e. The molecule has 5 nitrogen and oxygen atoms in total. The predicted molar refractivity (Wildman–Crippen MR) is 87.5 cm³/mol. The van der Waals surface area contributed by atoms with Gasteiger partial charge in [-0.2, -0.15) is 4.99 Å². The first-order valence-corrected chi connectivity index (χ1v) is 9.57. The van der Waals surface area contributed by atoms with Crippen LogP contribution < -0.4 is 4.80 Å². The molecule has 0 N–H and O–H groups in total. The second kappa shape index (κ2) is 6.58. The Morgan fingerprint density at radius 1 is 1.32 bits per heavy atom. The Morgan fingerprint density at radius 3 is 2.55 bits per heavy atom. The lowest BCUT2D eigenvalue weighted by Crippen LogP contribution is -2.27. The number of carbonyl (C=O) groups is 1. The van der Waals surface area contributed by atoms with Gasteiger partial charge in [0.15, 0.2) is 14.6 Å². The Labute approximate surface area is 133 Å². The summed E-state index contributed by atoms with van der Waals surface area (Å²) < 4.78 is 24.7. The molecule has 22 heavy (non-hydrogen) atoms. The molecule has 2 aromatic rings. The van der Waals surface area contributed by atoms with Gasteiger partial charge in [0.25, 0.3) is 5.91 Å². The Balaban J connectivity index is 2.27. The number of aromatic nitrogens is 1. The molecule has 118 valence electrons. The summed E-state index contributed by atoms with van der Waals surface area (Å²) in [5, 5.41) is 0.702. The van der Waals surface area contributed by atoms with Crippen LogP contribution in [0.2, 0.25) is 0 Å². The number of amides is 1. The molecular weight excluding hydrogens is 320 g/mol. The quantitative estimate of drug-likeness (QED) is 0.853. The molecule has 0 radical (unpaired) electrons. The van der Waals surface area contributed by atoms with E-state index in [4.69, 9.17) is 0 Å². The molecule has 0 saturated heterocycles. The predicted octanol–water partition coefficient (Wildman–Crippen LogP) is 1.77. The van der Waals surface area contributed by atoms with Crippen molar-refractivity contribution in [2.45, 2.75) is 25.6 Å². The minimum atomic E-state index is -3.43. The fourth-order valence-electron chi connectivity index (χ4n) is 1.77. The summed E-state index contributed by atoms with van der Waals surface area (Å²) >= 11 is 1.31. The van der Waals surface area contributed by atoms with Gasteiger partial charge in [-0.25, -0.2) is 8.42 Å². The van der Waals surface area contributed by atoms with E-state index < -0.39 is 21.0 Å². The first kappa shape index (κ1) is 16.6. The number of sulfone groups is 1. The van der Waals surface area contributed by atoms with Gasteiger partial charge in [-0.1, -0.05) is 29.8 Å². The summed E-state index contributed by atoms with van der Waals surface area (Å²) in [4.78, 5) is 16.4. The minimum Gasteiger partial charge on any atom is -0.319 e. The second-order valence-corrected chi connectivity index (χ2v) is 8.46. The Morgan fingerprint density at radius 2 is 1.95 bits per heavy atom. The summed E-state index contributed by atoms with van der Waals surface area (Å²) in [5.41, 5.74) is 2.27. The van der Waals surface area contributed by atoms with Gasteiger partial charge < -0.3 is 4.57 Å². The van der Waals surface area contributed by atoms with Crippen LogP contribution >= 0.6 is 11.3 Å². The van der Waals surface area contributed by atoms with Gasteiger partial charge in [0, 0.05) is 24.4 Å². The number of hydrogen-bond acceptors (Lipinski definition) is 4. The average molecular weight is 338 g/mol. The standard InChI is InChI=1S/C15H18N2O3S2/c1-11-4-6-13(7-5-11)10-17-8-9-21-15(17)16-14(18)12(2)22(3,19)20/h4-9,12H,10H2,1-3H3. The van der Waals surface area contributed by atoms with Gasteiger partial charge in [-0.3, -0.25) is 4.79 Å². The third-order valence-electron chi connectivity index (χ3n) is 3.33. The van der Waals surface area contributed by atoms with Crippen molar-refractivity contribution < 1.29 is 13.2 Å². The third kappa shape index (κ3) is 4.14. The fraction of sp³-hybridized carbons (Fsp3) is 0.333. The Hall–Kier alpha value is -1.73. The first-order valence-electron chi connectivity index (χ1n) is 6.74. The summed E-state index contributed by atoms with van der Waals surface area (Å²) in [6.07, 6.45) is 2.88. The molecule has 2 rings (SSSR count). The van der Waals surface area contributed by atoms with Crippen LogP contribution in [0.4, 0.5) is 0 Å². The van der Waals surface area contributed by atoms with Crippen molar-refractivity contribution in [1.29, 1.82) is 0 Å². The zero-order valence-electron chi connectivity index (χ0n) is 12.7. The zero-order valence-corrected chi connectivity index (χ0v) is 14.3. The molecule has 0 bridgehead atoms. The lowest BCUT2D eigenvalue weighted by atomic mass is 10.1. The van der Waals surface area contributed by atoms with Gasteiger partial charge in [0.2, 0.25) is 0 Å². The van der Waals surface area contributed by atoms with Crippen LogP contribution in [0.5, 0.6) is 0 Å². The monoisotopic (exact) mass is 338 g/mol. The number of carbonyl (C=O) groups excluding carboxylic acids is 1. The Bertz CT molecular complexity index is 830. The van der Waals surface area contributed by atoms with Crippen LogP contribution in [0.15, 0.2) is 40.8 Å². The largest absolute Gasteiger partial charge is 0.319 e. The molecule has 1 unspecified atom stereocenters. The highest BCUT2D eigenvalue weighted by Gasteiger charge is 2.23. The summed E-state index contributed by atoms with van der Waals surface area (Å²) in [6.45, 7) is 3.97. The van der Waals surface area contributed by atoms with Crippen molar-refractivity contribution in [3.05, 3.63) is 51.8 Å². The van der Waals surface area contributed by atoms with Crippen LogP contribution in [0.3, 0.4) is 0 Å². The van der Waals surface area contributed by atoms with Crippen LogP contribution in [-0.2, 0) is 21.2 Å². The summed E-state index contributed by atoms with van der Waals surface area (Å²) in [5.74, 6) is -0.636. The van der Waals surface area contributed by atoms with E-state index in [0.29, 0.717) is 11.3 Å². The molecule has 1 amide bonds. The molecule has 7 heteroatoms. The molecule has 0 aliphatic rings.